The van der Waals surface area contributed by atoms with Crippen LogP contribution in [0.1, 0.15) is 4.88 Å². The predicted molar refractivity (Wildman–Crippen MR) is 102 cm³/mol. The number of anilines is 1. The van der Waals surface area contributed by atoms with Gasteiger partial charge in [-0.1, -0.05) is 18.2 Å². The van der Waals surface area contributed by atoms with E-state index in [-0.39, 0.29) is 5.91 Å². The number of piperazine rings is 1. The number of thiophene rings is 1. The number of carbonyl (C=O) groups excluding carboxylic acids is 1. The van der Waals surface area contributed by atoms with Gasteiger partial charge in [0.15, 0.2) is 0 Å². The molecule has 25 heavy (non-hydrogen) atoms. The van der Waals surface area contributed by atoms with E-state index in [0.717, 1.165) is 37.6 Å². The van der Waals surface area contributed by atoms with Crippen molar-refractivity contribution in [2.45, 2.75) is 6.54 Å². The van der Waals surface area contributed by atoms with Crippen LogP contribution in [0.15, 0.2) is 41.8 Å². The summed E-state index contributed by atoms with van der Waals surface area (Å²) in [5, 5.41) is 2.05. The van der Waals surface area contributed by atoms with Crippen molar-refractivity contribution >= 4 is 22.9 Å². The zero-order valence-electron chi connectivity index (χ0n) is 14.9. The predicted octanol–water partition coefficient (Wildman–Crippen LogP) is 2.54. The molecule has 5 nitrogen and oxygen atoms in total. The number of nitrogens with zero attached hydrogens (tertiary/aromatic N) is 3. The highest BCUT2D eigenvalue weighted by Crippen LogP contribution is 2.28. The maximum Gasteiger partial charge on any atom is 0.236 e. The number of ether oxygens (including phenoxy) is 1. The van der Waals surface area contributed by atoms with Gasteiger partial charge in [-0.15, -0.1) is 11.3 Å². The smallest absolute Gasteiger partial charge is 0.236 e. The van der Waals surface area contributed by atoms with Gasteiger partial charge in [0.2, 0.25) is 5.91 Å². The molecule has 6 heteroatoms. The van der Waals surface area contributed by atoms with Crippen LogP contribution in [-0.4, -0.2) is 62.6 Å². The van der Waals surface area contributed by atoms with Crippen molar-refractivity contribution in [2.24, 2.45) is 0 Å². The minimum Gasteiger partial charge on any atom is -0.495 e. The number of hydrogen-bond acceptors (Lipinski definition) is 5. The first-order valence-electron chi connectivity index (χ1n) is 8.54. The van der Waals surface area contributed by atoms with Crippen LogP contribution in [-0.2, 0) is 11.3 Å². The van der Waals surface area contributed by atoms with Gasteiger partial charge in [-0.2, -0.15) is 0 Å². The molecule has 0 unspecified atom stereocenters. The number of hydrogen-bond donors (Lipinski definition) is 0. The molecule has 0 saturated carbocycles. The minimum absolute atomic E-state index is 0.180. The van der Waals surface area contributed by atoms with E-state index in [4.69, 9.17) is 4.74 Å². The summed E-state index contributed by atoms with van der Waals surface area (Å²) in [6, 6.07) is 12.2. The summed E-state index contributed by atoms with van der Waals surface area (Å²) in [6.45, 7) is 4.76. The molecule has 2 aromatic rings. The lowest BCUT2D eigenvalue weighted by Gasteiger charge is -2.36. The lowest BCUT2D eigenvalue weighted by atomic mass is 10.2. The van der Waals surface area contributed by atoms with Crippen LogP contribution in [0.3, 0.4) is 0 Å². The number of methoxy groups -OCH3 is 1. The molecule has 1 aliphatic rings. The van der Waals surface area contributed by atoms with Gasteiger partial charge in [-0.05, 0) is 23.6 Å². The first-order chi connectivity index (χ1) is 12.2. The molecule has 1 saturated heterocycles. The Morgan fingerprint density at radius 1 is 1.16 bits per heavy atom. The summed E-state index contributed by atoms with van der Waals surface area (Å²) in [5.41, 5.74) is 1.13. The van der Waals surface area contributed by atoms with E-state index < -0.39 is 0 Å². The van der Waals surface area contributed by atoms with E-state index >= 15 is 0 Å². The van der Waals surface area contributed by atoms with Crippen molar-refractivity contribution in [1.82, 2.24) is 9.80 Å². The van der Waals surface area contributed by atoms with Crippen LogP contribution in [0, 0.1) is 0 Å². The van der Waals surface area contributed by atoms with Crippen LogP contribution < -0.4 is 9.64 Å². The van der Waals surface area contributed by atoms with Gasteiger partial charge in [0, 0.05) is 38.1 Å². The zero-order valence-corrected chi connectivity index (χ0v) is 15.7. The molecule has 2 heterocycles. The Bertz CT molecular complexity index is 682. The number of likely N-dealkylation sites (N-methyl/N-ethyl adjacent to an activating group) is 1. The standard InChI is InChI=1S/C19H25N3O2S/c1-20(14-16-6-5-13-25-16)19(23)15-21-9-11-22(12-10-21)17-7-3-4-8-18(17)24-2/h3-8,13H,9-12,14-15H2,1-2H3. The highest BCUT2D eigenvalue weighted by Gasteiger charge is 2.22. The first-order valence-corrected chi connectivity index (χ1v) is 9.42. The van der Waals surface area contributed by atoms with Crippen molar-refractivity contribution < 1.29 is 9.53 Å². The summed E-state index contributed by atoms with van der Waals surface area (Å²) in [4.78, 5) is 20.0. The van der Waals surface area contributed by atoms with Gasteiger partial charge < -0.3 is 14.5 Å². The van der Waals surface area contributed by atoms with Gasteiger partial charge in [-0.3, -0.25) is 9.69 Å². The van der Waals surface area contributed by atoms with Gasteiger partial charge >= 0.3 is 0 Å². The normalized spacial score (nSPS) is 15.2. The largest absolute Gasteiger partial charge is 0.495 e. The number of rotatable bonds is 6. The average Bonchev–Trinajstić information content (AvgIpc) is 3.15. The van der Waals surface area contributed by atoms with E-state index in [9.17, 15) is 4.79 Å². The lowest BCUT2D eigenvalue weighted by molar-refractivity contribution is -0.131. The third-order valence-corrected chi connectivity index (χ3v) is 5.42. The van der Waals surface area contributed by atoms with Gasteiger partial charge in [-0.25, -0.2) is 0 Å². The molecule has 1 amide bonds. The molecular weight excluding hydrogens is 334 g/mol. The summed E-state index contributed by atoms with van der Waals surface area (Å²) < 4.78 is 5.46. The van der Waals surface area contributed by atoms with Crippen molar-refractivity contribution in [3.63, 3.8) is 0 Å². The lowest BCUT2D eigenvalue weighted by Crippen LogP contribution is -2.49. The van der Waals surface area contributed by atoms with Crippen molar-refractivity contribution in [1.29, 1.82) is 0 Å². The molecule has 0 spiro atoms. The molecule has 0 atom stereocenters. The molecule has 1 fully saturated rings. The van der Waals surface area contributed by atoms with Gasteiger partial charge in [0.1, 0.15) is 5.75 Å². The molecule has 1 aromatic heterocycles. The third-order valence-electron chi connectivity index (χ3n) is 4.56. The third kappa shape index (κ3) is 4.52. The summed E-state index contributed by atoms with van der Waals surface area (Å²) in [7, 11) is 3.59. The van der Waals surface area contributed by atoms with E-state index in [0.29, 0.717) is 13.1 Å². The number of carbonyl (C=O) groups is 1. The Labute approximate surface area is 153 Å². The number of para-hydroxylation sites is 2. The summed E-state index contributed by atoms with van der Waals surface area (Å²) in [6.07, 6.45) is 0. The molecule has 1 aromatic carbocycles. The SMILES string of the molecule is COc1ccccc1N1CCN(CC(=O)N(C)Cc2cccs2)CC1. The van der Waals surface area contributed by atoms with Crippen molar-refractivity contribution in [3.05, 3.63) is 46.7 Å². The number of amides is 1. The van der Waals surface area contributed by atoms with Gasteiger partial charge in [0.05, 0.1) is 25.9 Å². The molecule has 0 aliphatic carbocycles. The fourth-order valence-corrected chi connectivity index (χ4v) is 3.83. The fourth-order valence-electron chi connectivity index (χ4n) is 3.07. The molecular formula is C19H25N3O2S. The molecule has 0 radical (unpaired) electrons. The quantitative estimate of drug-likeness (QED) is 0.794. The van der Waals surface area contributed by atoms with Crippen LogP contribution >= 0.6 is 11.3 Å². The van der Waals surface area contributed by atoms with E-state index in [2.05, 4.69) is 21.9 Å². The summed E-state index contributed by atoms with van der Waals surface area (Å²) in [5.74, 6) is 1.09. The molecule has 0 bridgehead atoms. The van der Waals surface area contributed by atoms with Crippen molar-refractivity contribution in [3.8, 4) is 5.75 Å². The second-order valence-corrected chi connectivity index (χ2v) is 7.30. The average molecular weight is 359 g/mol. The maximum absolute atomic E-state index is 12.4. The zero-order chi connectivity index (χ0) is 17.6. The Balaban J connectivity index is 1.49. The monoisotopic (exact) mass is 359 g/mol. The second-order valence-electron chi connectivity index (χ2n) is 6.26. The maximum atomic E-state index is 12.4. The van der Waals surface area contributed by atoms with Crippen LogP contribution in [0.25, 0.3) is 0 Å². The van der Waals surface area contributed by atoms with Crippen LogP contribution in [0.5, 0.6) is 5.75 Å². The van der Waals surface area contributed by atoms with E-state index in [1.807, 2.05) is 41.6 Å². The molecule has 0 N–H and O–H groups in total. The van der Waals surface area contributed by atoms with Gasteiger partial charge in [0.25, 0.3) is 0 Å². The molecule has 1 aliphatic heterocycles. The van der Waals surface area contributed by atoms with E-state index in [1.165, 1.54) is 4.88 Å². The first kappa shape index (κ1) is 17.8. The van der Waals surface area contributed by atoms with Crippen LogP contribution in [0.2, 0.25) is 0 Å². The Morgan fingerprint density at radius 2 is 1.92 bits per heavy atom. The highest BCUT2D eigenvalue weighted by atomic mass is 32.1. The summed E-state index contributed by atoms with van der Waals surface area (Å²) >= 11 is 1.69. The Morgan fingerprint density at radius 3 is 2.60 bits per heavy atom. The Hall–Kier alpha value is -2.05. The Kier molecular flexibility index (Phi) is 5.94. The minimum atomic E-state index is 0.180. The second kappa shape index (κ2) is 8.36. The fraction of sp³-hybridized carbons (Fsp3) is 0.421. The highest BCUT2D eigenvalue weighted by molar-refractivity contribution is 7.09. The number of benzene rings is 1. The van der Waals surface area contributed by atoms with E-state index in [1.54, 1.807) is 18.4 Å². The molecule has 3 rings (SSSR count). The van der Waals surface area contributed by atoms with Crippen LogP contribution in [0.4, 0.5) is 5.69 Å². The molecule has 134 valence electrons. The topological polar surface area (TPSA) is 36.0 Å². The van der Waals surface area contributed by atoms with Crippen molar-refractivity contribution in [2.75, 3.05) is 51.8 Å².